The molecule has 0 unspecified atom stereocenters. The molecule has 0 saturated carbocycles. The van der Waals surface area contributed by atoms with E-state index in [0.29, 0.717) is 11.4 Å². The molecular formula is C12H16ClNO3. The van der Waals surface area contributed by atoms with E-state index in [1.54, 1.807) is 6.07 Å². The maximum absolute atomic E-state index is 10.8. The summed E-state index contributed by atoms with van der Waals surface area (Å²) in [5.74, 6) is 0. The zero-order valence-electron chi connectivity index (χ0n) is 9.87. The number of hydrogen-bond donors (Lipinski definition) is 2. The topological polar surface area (TPSA) is 58.6 Å². The van der Waals surface area contributed by atoms with Gasteiger partial charge in [0, 0.05) is 18.5 Å². The number of aliphatic hydroxyl groups excluding tert-OH is 1. The quantitative estimate of drug-likeness (QED) is 0.871. The standard InChI is InChI=1S/C12H16ClNO3/c1-8-5-9(7-10(13)6-8)11(15)3-4-17-12(16)14-2/h5-7,11,15H,3-4H2,1-2H3,(H,14,16)/t11-/m1/s1. The molecule has 0 aromatic heterocycles. The maximum Gasteiger partial charge on any atom is 0.406 e. The van der Waals surface area contributed by atoms with Gasteiger partial charge in [0.25, 0.3) is 0 Å². The van der Waals surface area contributed by atoms with Gasteiger partial charge in [-0.2, -0.15) is 0 Å². The van der Waals surface area contributed by atoms with Crippen LogP contribution in [0.4, 0.5) is 4.79 Å². The van der Waals surface area contributed by atoms with Crippen LogP contribution in [-0.2, 0) is 4.74 Å². The molecule has 1 aromatic rings. The van der Waals surface area contributed by atoms with E-state index in [0.717, 1.165) is 11.1 Å². The van der Waals surface area contributed by atoms with Gasteiger partial charge in [-0.15, -0.1) is 0 Å². The summed E-state index contributed by atoms with van der Waals surface area (Å²) >= 11 is 5.89. The normalized spacial score (nSPS) is 12.0. The summed E-state index contributed by atoms with van der Waals surface area (Å²) in [7, 11) is 1.49. The summed E-state index contributed by atoms with van der Waals surface area (Å²) in [5, 5.41) is 12.8. The van der Waals surface area contributed by atoms with E-state index < -0.39 is 12.2 Å². The lowest BCUT2D eigenvalue weighted by atomic mass is 10.0. The van der Waals surface area contributed by atoms with Gasteiger partial charge in [-0.1, -0.05) is 17.7 Å². The number of amides is 1. The fourth-order valence-electron chi connectivity index (χ4n) is 1.46. The third kappa shape index (κ3) is 4.63. The van der Waals surface area contributed by atoms with Crippen LogP contribution in [0.5, 0.6) is 0 Å². The van der Waals surface area contributed by atoms with Gasteiger partial charge in [0.2, 0.25) is 0 Å². The van der Waals surface area contributed by atoms with Gasteiger partial charge in [0.05, 0.1) is 12.7 Å². The molecule has 2 N–H and O–H groups in total. The van der Waals surface area contributed by atoms with Crippen LogP contribution in [0.2, 0.25) is 5.02 Å². The number of benzene rings is 1. The van der Waals surface area contributed by atoms with Crippen LogP contribution in [0.1, 0.15) is 23.7 Å². The van der Waals surface area contributed by atoms with Crippen molar-refractivity contribution in [2.45, 2.75) is 19.4 Å². The molecule has 0 radical (unpaired) electrons. The second-order valence-electron chi connectivity index (χ2n) is 3.75. The predicted molar refractivity (Wildman–Crippen MR) is 66.2 cm³/mol. The number of carbonyl (C=O) groups excluding carboxylic acids is 1. The van der Waals surface area contributed by atoms with Crippen LogP contribution in [0, 0.1) is 6.92 Å². The summed E-state index contributed by atoms with van der Waals surface area (Å²) in [6, 6.07) is 5.38. The first-order chi connectivity index (χ1) is 8.02. The minimum Gasteiger partial charge on any atom is -0.449 e. The molecule has 0 heterocycles. The number of rotatable bonds is 4. The molecule has 0 aliphatic carbocycles. The second kappa shape index (κ2) is 6.47. The third-order valence-corrected chi connectivity index (χ3v) is 2.50. The summed E-state index contributed by atoms with van der Waals surface area (Å²) < 4.78 is 4.80. The molecule has 4 nitrogen and oxygen atoms in total. The zero-order chi connectivity index (χ0) is 12.8. The molecule has 94 valence electrons. The monoisotopic (exact) mass is 257 g/mol. The Labute approximate surface area is 106 Å². The van der Waals surface area contributed by atoms with Crippen molar-refractivity contribution < 1.29 is 14.6 Å². The van der Waals surface area contributed by atoms with Crippen molar-refractivity contribution in [2.24, 2.45) is 0 Å². The molecule has 1 aromatic carbocycles. The highest BCUT2D eigenvalue weighted by atomic mass is 35.5. The number of carbonyl (C=O) groups is 1. The van der Waals surface area contributed by atoms with E-state index in [2.05, 4.69) is 5.32 Å². The van der Waals surface area contributed by atoms with Crippen LogP contribution in [0.3, 0.4) is 0 Å². The van der Waals surface area contributed by atoms with Crippen LogP contribution >= 0.6 is 11.6 Å². The molecule has 1 atom stereocenters. The fourth-order valence-corrected chi connectivity index (χ4v) is 1.76. The number of aryl methyl sites for hydroxylation is 1. The van der Waals surface area contributed by atoms with Gasteiger partial charge >= 0.3 is 6.09 Å². The van der Waals surface area contributed by atoms with E-state index in [-0.39, 0.29) is 6.61 Å². The number of hydrogen-bond acceptors (Lipinski definition) is 3. The molecular weight excluding hydrogens is 242 g/mol. The first-order valence-electron chi connectivity index (χ1n) is 5.32. The van der Waals surface area contributed by atoms with Gasteiger partial charge in [0.15, 0.2) is 0 Å². The van der Waals surface area contributed by atoms with E-state index in [1.165, 1.54) is 7.05 Å². The maximum atomic E-state index is 10.8. The van der Waals surface area contributed by atoms with Gasteiger partial charge < -0.3 is 15.2 Å². The second-order valence-corrected chi connectivity index (χ2v) is 4.19. The van der Waals surface area contributed by atoms with E-state index in [1.807, 2.05) is 19.1 Å². The molecule has 0 saturated heterocycles. The van der Waals surface area contributed by atoms with Crippen molar-refractivity contribution in [3.05, 3.63) is 34.3 Å². The van der Waals surface area contributed by atoms with Gasteiger partial charge in [-0.05, 0) is 30.2 Å². The van der Waals surface area contributed by atoms with Crippen LogP contribution in [-0.4, -0.2) is 24.9 Å². The van der Waals surface area contributed by atoms with Crippen molar-refractivity contribution >= 4 is 17.7 Å². The highest BCUT2D eigenvalue weighted by Crippen LogP contribution is 2.22. The van der Waals surface area contributed by atoms with Crippen LogP contribution < -0.4 is 5.32 Å². The lowest BCUT2D eigenvalue weighted by Gasteiger charge is -2.12. The van der Waals surface area contributed by atoms with Crippen molar-refractivity contribution in [3.8, 4) is 0 Å². The molecule has 0 bridgehead atoms. The molecule has 1 rings (SSSR count). The zero-order valence-corrected chi connectivity index (χ0v) is 10.6. The number of aliphatic hydroxyl groups is 1. The van der Waals surface area contributed by atoms with Crippen molar-refractivity contribution in [1.82, 2.24) is 5.32 Å². The Morgan fingerprint density at radius 2 is 2.24 bits per heavy atom. The smallest absolute Gasteiger partial charge is 0.406 e. The lowest BCUT2D eigenvalue weighted by molar-refractivity contribution is 0.107. The Balaban J connectivity index is 2.52. The first-order valence-corrected chi connectivity index (χ1v) is 5.70. The summed E-state index contributed by atoms with van der Waals surface area (Å²) in [4.78, 5) is 10.8. The molecule has 0 spiro atoms. The number of ether oxygens (including phenoxy) is 1. The largest absolute Gasteiger partial charge is 0.449 e. The molecule has 0 fully saturated rings. The van der Waals surface area contributed by atoms with Crippen molar-refractivity contribution in [3.63, 3.8) is 0 Å². The summed E-state index contributed by atoms with van der Waals surface area (Å²) in [5.41, 5.74) is 1.72. The highest BCUT2D eigenvalue weighted by molar-refractivity contribution is 6.30. The van der Waals surface area contributed by atoms with Crippen LogP contribution in [0.15, 0.2) is 18.2 Å². The minimum atomic E-state index is -0.683. The molecule has 17 heavy (non-hydrogen) atoms. The Bertz CT molecular complexity index is 375. The van der Waals surface area contributed by atoms with Gasteiger partial charge in [-0.25, -0.2) is 4.79 Å². The fraction of sp³-hybridized carbons (Fsp3) is 0.417. The Morgan fingerprint density at radius 3 is 2.82 bits per heavy atom. The third-order valence-electron chi connectivity index (χ3n) is 2.28. The predicted octanol–water partition coefficient (Wildman–Crippen LogP) is 2.43. The summed E-state index contributed by atoms with van der Waals surface area (Å²) in [6.07, 6.45) is -0.843. The van der Waals surface area contributed by atoms with Crippen molar-refractivity contribution in [2.75, 3.05) is 13.7 Å². The number of alkyl carbamates (subject to hydrolysis) is 1. The number of nitrogens with one attached hydrogen (secondary N) is 1. The minimum absolute atomic E-state index is 0.159. The van der Waals surface area contributed by atoms with E-state index in [4.69, 9.17) is 16.3 Å². The average Bonchev–Trinajstić information content (AvgIpc) is 2.27. The molecule has 0 aliphatic heterocycles. The Hall–Kier alpha value is -1.26. The van der Waals surface area contributed by atoms with Crippen LogP contribution in [0.25, 0.3) is 0 Å². The van der Waals surface area contributed by atoms with E-state index >= 15 is 0 Å². The highest BCUT2D eigenvalue weighted by Gasteiger charge is 2.10. The SMILES string of the molecule is CNC(=O)OCC[C@@H](O)c1cc(C)cc(Cl)c1. The molecule has 5 heteroatoms. The molecule has 0 aliphatic rings. The summed E-state index contributed by atoms with van der Waals surface area (Å²) in [6.45, 7) is 2.07. The Morgan fingerprint density at radius 1 is 1.53 bits per heavy atom. The first kappa shape index (κ1) is 13.8. The Kier molecular flexibility index (Phi) is 5.25. The molecule has 1 amide bonds. The number of halogens is 1. The average molecular weight is 258 g/mol. The lowest BCUT2D eigenvalue weighted by Crippen LogP contribution is -2.20. The van der Waals surface area contributed by atoms with Gasteiger partial charge in [0.1, 0.15) is 0 Å². The van der Waals surface area contributed by atoms with E-state index in [9.17, 15) is 9.90 Å². The van der Waals surface area contributed by atoms with Crippen molar-refractivity contribution in [1.29, 1.82) is 0 Å². The van der Waals surface area contributed by atoms with Gasteiger partial charge in [-0.3, -0.25) is 0 Å².